The Morgan fingerprint density at radius 3 is 2.13 bits per heavy atom. The molecule has 8 heteroatoms. The fourth-order valence-corrected chi connectivity index (χ4v) is 3.46. The van der Waals surface area contributed by atoms with Crippen molar-refractivity contribution >= 4 is 39.1 Å². The van der Waals surface area contributed by atoms with Crippen LogP contribution in [0.3, 0.4) is 0 Å². The standard InChI is InChI=1S/C15H12Cl2O5S/c1-9(18)10-3-4-14(15(5-10)21-2)22-23(19,20)13-7-11(16)6-12(17)8-13/h3-8H,1-2H3. The van der Waals surface area contributed by atoms with E-state index in [1.807, 2.05) is 0 Å². The molecule has 0 aliphatic heterocycles. The van der Waals surface area contributed by atoms with Gasteiger partial charge in [0.25, 0.3) is 0 Å². The van der Waals surface area contributed by atoms with Crippen molar-refractivity contribution in [2.24, 2.45) is 0 Å². The van der Waals surface area contributed by atoms with Crippen LogP contribution in [0.1, 0.15) is 17.3 Å². The van der Waals surface area contributed by atoms with Crippen molar-refractivity contribution in [2.75, 3.05) is 7.11 Å². The van der Waals surface area contributed by atoms with Gasteiger partial charge in [0.1, 0.15) is 4.90 Å². The molecule has 2 aromatic carbocycles. The van der Waals surface area contributed by atoms with Gasteiger partial charge in [-0.25, -0.2) is 0 Å². The maximum Gasteiger partial charge on any atom is 0.339 e. The van der Waals surface area contributed by atoms with E-state index < -0.39 is 10.1 Å². The third-order valence-corrected chi connectivity index (χ3v) is 4.54. The number of halogens is 2. The first kappa shape index (κ1) is 17.6. The van der Waals surface area contributed by atoms with E-state index in [2.05, 4.69) is 0 Å². The summed E-state index contributed by atoms with van der Waals surface area (Å²) in [5.74, 6) is -0.109. The maximum atomic E-state index is 12.3. The van der Waals surface area contributed by atoms with Gasteiger partial charge in [-0.15, -0.1) is 0 Å². The van der Waals surface area contributed by atoms with Gasteiger partial charge in [0.15, 0.2) is 17.3 Å². The molecule has 0 saturated heterocycles. The summed E-state index contributed by atoms with van der Waals surface area (Å²) in [5, 5.41) is 0.331. The molecule has 0 aliphatic rings. The summed E-state index contributed by atoms with van der Waals surface area (Å²) in [6.45, 7) is 1.39. The van der Waals surface area contributed by atoms with Crippen molar-refractivity contribution in [1.29, 1.82) is 0 Å². The lowest BCUT2D eigenvalue weighted by atomic mass is 10.1. The van der Waals surface area contributed by atoms with Crippen molar-refractivity contribution in [3.8, 4) is 11.5 Å². The minimum atomic E-state index is -4.16. The van der Waals surface area contributed by atoms with E-state index in [0.717, 1.165) is 0 Å². The van der Waals surface area contributed by atoms with E-state index in [1.54, 1.807) is 0 Å². The Kier molecular flexibility index (Phi) is 5.19. The number of rotatable bonds is 5. The fourth-order valence-electron chi connectivity index (χ4n) is 1.79. The summed E-state index contributed by atoms with van der Waals surface area (Å²) in [6, 6.07) is 8.04. The largest absolute Gasteiger partial charge is 0.493 e. The fraction of sp³-hybridized carbons (Fsp3) is 0.133. The lowest BCUT2D eigenvalue weighted by Gasteiger charge is -2.12. The van der Waals surface area contributed by atoms with Crippen LogP contribution >= 0.6 is 23.2 Å². The van der Waals surface area contributed by atoms with Crippen LogP contribution in [0.5, 0.6) is 11.5 Å². The quantitative estimate of drug-likeness (QED) is 0.584. The van der Waals surface area contributed by atoms with E-state index in [1.165, 1.54) is 50.4 Å². The molecule has 0 amide bonds. The van der Waals surface area contributed by atoms with E-state index in [4.69, 9.17) is 32.1 Å². The average molecular weight is 375 g/mol. The van der Waals surface area contributed by atoms with E-state index >= 15 is 0 Å². The van der Waals surface area contributed by atoms with Crippen LogP contribution in [0.25, 0.3) is 0 Å². The van der Waals surface area contributed by atoms with Crippen molar-refractivity contribution in [3.63, 3.8) is 0 Å². The first-order valence-corrected chi connectivity index (χ1v) is 8.49. The Balaban J connectivity index is 2.42. The third kappa shape index (κ3) is 4.16. The summed E-state index contributed by atoms with van der Waals surface area (Å²) in [5.41, 5.74) is 0.373. The Hall–Kier alpha value is -1.76. The highest BCUT2D eigenvalue weighted by Crippen LogP contribution is 2.32. The number of ether oxygens (including phenoxy) is 1. The minimum Gasteiger partial charge on any atom is -0.493 e. The van der Waals surface area contributed by atoms with Crippen LogP contribution in [-0.2, 0) is 10.1 Å². The van der Waals surface area contributed by atoms with Gasteiger partial charge in [-0.2, -0.15) is 8.42 Å². The lowest BCUT2D eigenvalue weighted by molar-refractivity contribution is 0.101. The Morgan fingerprint density at radius 2 is 1.61 bits per heavy atom. The normalized spacial score (nSPS) is 11.1. The number of ketones is 1. The summed E-state index contributed by atoms with van der Waals surface area (Å²) in [6.07, 6.45) is 0. The minimum absolute atomic E-state index is 0.0476. The highest BCUT2D eigenvalue weighted by Gasteiger charge is 2.21. The number of methoxy groups -OCH3 is 1. The van der Waals surface area contributed by atoms with Crippen LogP contribution in [0.2, 0.25) is 10.0 Å². The van der Waals surface area contributed by atoms with Crippen molar-refractivity contribution in [2.45, 2.75) is 11.8 Å². The topological polar surface area (TPSA) is 69.7 Å². The number of benzene rings is 2. The first-order chi connectivity index (χ1) is 10.7. The number of hydrogen-bond donors (Lipinski definition) is 0. The van der Waals surface area contributed by atoms with Gasteiger partial charge in [0, 0.05) is 15.6 Å². The van der Waals surface area contributed by atoms with Gasteiger partial charge in [-0.05, 0) is 43.3 Å². The van der Waals surface area contributed by atoms with Crippen LogP contribution in [0, 0.1) is 0 Å². The molecule has 0 N–H and O–H groups in total. The van der Waals surface area contributed by atoms with Crippen molar-refractivity contribution < 1.29 is 22.1 Å². The molecule has 0 bridgehead atoms. The molecule has 0 fully saturated rings. The summed E-state index contributed by atoms with van der Waals surface area (Å²) >= 11 is 11.6. The summed E-state index contributed by atoms with van der Waals surface area (Å²) in [4.78, 5) is 11.2. The predicted octanol–water partition coefficient (Wildman–Crippen LogP) is 3.97. The smallest absolute Gasteiger partial charge is 0.339 e. The Morgan fingerprint density at radius 1 is 1.00 bits per heavy atom. The van der Waals surface area contributed by atoms with Gasteiger partial charge in [-0.1, -0.05) is 23.2 Å². The zero-order valence-corrected chi connectivity index (χ0v) is 14.5. The predicted molar refractivity (Wildman–Crippen MR) is 87.3 cm³/mol. The maximum absolute atomic E-state index is 12.3. The van der Waals surface area contributed by atoms with E-state index in [0.29, 0.717) is 5.56 Å². The molecule has 5 nitrogen and oxygen atoms in total. The molecule has 0 saturated carbocycles. The highest BCUT2D eigenvalue weighted by atomic mass is 35.5. The molecule has 0 radical (unpaired) electrons. The van der Waals surface area contributed by atoms with Gasteiger partial charge < -0.3 is 8.92 Å². The molecule has 0 unspecified atom stereocenters. The number of carbonyl (C=O) groups excluding carboxylic acids is 1. The molecular formula is C15H12Cl2O5S. The SMILES string of the molecule is COc1cc(C(C)=O)ccc1OS(=O)(=O)c1cc(Cl)cc(Cl)c1. The molecular weight excluding hydrogens is 363 g/mol. The van der Waals surface area contributed by atoms with Gasteiger partial charge in [0.2, 0.25) is 0 Å². The van der Waals surface area contributed by atoms with Gasteiger partial charge >= 0.3 is 10.1 Å². The molecule has 2 aromatic rings. The molecule has 0 aromatic heterocycles. The van der Waals surface area contributed by atoms with E-state index in [-0.39, 0.29) is 32.2 Å². The van der Waals surface area contributed by atoms with Crippen LogP contribution in [0.4, 0.5) is 0 Å². The third-order valence-electron chi connectivity index (χ3n) is 2.89. The van der Waals surface area contributed by atoms with Gasteiger partial charge in [-0.3, -0.25) is 4.79 Å². The van der Waals surface area contributed by atoms with E-state index in [9.17, 15) is 13.2 Å². The second-order valence-corrected chi connectivity index (χ2v) is 6.98. The van der Waals surface area contributed by atoms with Crippen LogP contribution < -0.4 is 8.92 Å². The Bertz CT molecular complexity index is 842. The molecule has 0 heterocycles. The van der Waals surface area contributed by atoms with Crippen molar-refractivity contribution in [1.82, 2.24) is 0 Å². The summed E-state index contributed by atoms with van der Waals surface area (Å²) in [7, 11) is -2.82. The van der Waals surface area contributed by atoms with Crippen molar-refractivity contribution in [3.05, 3.63) is 52.0 Å². The zero-order valence-electron chi connectivity index (χ0n) is 12.2. The number of hydrogen-bond acceptors (Lipinski definition) is 5. The second-order valence-electron chi connectivity index (χ2n) is 4.56. The molecule has 23 heavy (non-hydrogen) atoms. The monoisotopic (exact) mass is 374 g/mol. The second kappa shape index (κ2) is 6.78. The molecule has 0 spiro atoms. The van der Waals surface area contributed by atoms with Crippen LogP contribution in [-0.4, -0.2) is 21.3 Å². The number of Topliss-reactive ketones (excluding diaryl/α,β-unsaturated/α-hetero) is 1. The average Bonchev–Trinajstić information content (AvgIpc) is 2.46. The van der Waals surface area contributed by atoms with Crippen LogP contribution in [0.15, 0.2) is 41.3 Å². The highest BCUT2D eigenvalue weighted by molar-refractivity contribution is 7.87. The molecule has 0 aliphatic carbocycles. The first-order valence-electron chi connectivity index (χ1n) is 6.32. The number of carbonyl (C=O) groups is 1. The molecule has 2 rings (SSSR count). The molecule has 122 valence electrons. The Labute approximate surface area is 143 Å². The van der Waals surface area contributed by atoms with Gasteiger partial charge in [0.05, 0.1) is 7.11 Å². The summed E-state index contributed by atoms with van der Waals surface area (Å²) < 4.78 is 34.8. The molecule has 0 atom stereocenters. The zero-order chi connectivity index (χ0) is 17.2. The lowest BCUT2D eigenvalue weighted by Crippen LogP contribution is -2.11.